The van der Waals surface area contributed by atoms with Gasteiger partial charge in [0.15, 0.2) is 0 Å². The van der Waals surface area contributed by atoms with Crippen LogP contribution in [0.2, 0.25) is 0 Å². The Bertz CT molecular complexity index is 1320. The van der Waals surface area contributed by atoms with Crippen LogP contribution in [0.3, 0.4) is 0 Å². The van der Waals surface area contributed by atoms with Crippen LogP contribution in [0.4, 0.5) is 0 Å². The van der Waals surface area contributed by atoms with E-state index in [0.717, 1.165) is 24.8 Å². The Labute approximate surface area is 445 Å². The van der Waals surface area contributed by atoms with E-state index in [1.165, 1.54) is 17.5 Å². The van der Waals surface area contributed by atoms with Crippen molar-refractivity contribution >= 4 is 23.4 Å². The molecule has 0 fully saturated rings. The number of carbonyl (C=O) groups is 3. The van der Waals surface area contributed by atoms with E-state index >= 15 is 0 Å². The van der Waals surface area contributed by atoms with Crippen LogP contribution < -0.4 is 0 Å². The van der Waals surface area contributed by atoms with Gasteiger partial charge < -0.3 is 42.8 Å². The molecule has 8 heteroatoms. The van der Waals surface area contributed by atoms with E-state index < -0.39 is 0 Å². The van der Waals surface area contributed by atoms with Crippen molar-refractivity contribution < 1.29 is 123 Å². The van der Waals surface area contributed by atoms with Gasteiger partial charge in [-0.05, 0) is 86.4 Å². The molecule has 3 rings (SSSR count). The van der Waals surface area contributed by atoms with Gasteiger partial charge in [-0.1, -0.05) is 192 Å². The zero-order valence-corrected chi connectivity index (χ0v) is 48.4. The summed E-state index contributed by atoms with van der Waals surface area (Å²) >= 11 is 0. The number of benzene rings is 3. The second-order valence-electron chi connectivity index (χ2n) is 11.8. The van der Waals surface area contributed by atoms with Gasteiger partial charge in [0, 0.05) is 98.1 Å². The molecule has 3 aromatic carbocycles. The molecule has 1 unspecified atom stereocenters. The molecule has 0 aliphatic heterocycles. The molecule has 0 heterocycles. The van der Waals surface area contributed by atoms with E-state index in [2.05, 4.69) is 91.3 Å². The average molecular weight is 1050 g/mol. The zero-order valence-electron chi connectivity index (χ0n) is 39.9. The number of aryl methyl sites for hydroxylation is 2. The normalized spacial score (nSPS) is 8.57. The van der Waals surface area contributed by atoms with Crippen LogP contribution in [0.25, 0.3) is 6.08 Å². The van der Waals surface area contributed by atoms with Crippen molar-refractivity contribution in [2.75, 3.05) is 0 Å². The van der Waals surface area contributed by atoms with E-state index in [0.29, 0.717) is 43.8 Å². The van der Waals surface area contributed by atoms with Crippen molar-refractivity contribution in [2.24, 2.45) is 5.92 Å². The minimum Gasteiger partial charge on any atom is -0.508 e. The number of aliphatic hydroxyl groups excluding tert-OH is 1. The van der Waals surface area contributed by atoms with Crippen LogP contribution >= 0.6 is 0 Å². The molecule has 0 amide bonds. The minimum absolute atomic E-state index is 0. The third-order valence-corrected chi connectivity index (χ3v) is 6.96. The maximum atomic E-state index is 10.8. The first-order chi connectivity index (χ1) is 27.3. The predicted molar refractivity (Wildman–Crippen MR) is 250 cm³/mol. The van der Waals surface area contributed by atoms with Crippen molar-refractivity contribution in [3.05, 3.63) is 146 Å². The summed E-state index contributed by atoms with van der Waals surface area (Å²) in [5.74, 6) is 0.845. The van der Waals surface area contributed by atoms with Crippen molar-refractivity contribution in [1.82, 2.24) is 0 Å². The average Bonchev–Trinajstić information content (AvgIpc) is 3.26. The molecule has 331 valence electrons. The number of ketones is 3. The van der Waals surface area contributed by atoms with E-state index in [4.69, 9.17) is 10.2 Å². The zero-order chi connectivity index (χ0) is 45.3. The van der Waals surface area contributed by atoms with Crippen LogP contribution in [-0.4, -0.2) is 33.7 Å². The van der Waals surface area contributed by atoms with Crippen LogP contribution in [-0.2, 0) is 113 Å². The van der Waals surface area contributed by atoms with Crippen LogP contribution in [0.15, 0.2) is 111 Å². The second-order valence-corrected chi connectivity index (χ2v) is 11.8. The summed E-state index contributed by atoms with van der Waals surface area (Å²) in [5.41, 5.74) is 3.42. The van der Waals surface area contributed by atoms with Gasteiger partial charge >= 0.3 is 0 Å². The molecule has 0 aromatic heterocycles. The number of phenolic OH excluding ortho intramolecular Hbond substituents is 1. The molecule has 3 aromatic rings. The fourth-order valence-electron chi connectivity index (χ4n) is 3.50. The van der Waals surface area contributed by atoms with Crippen molar-refractivity contribution in [3.63, 3.8) is 0 Å². The molecule has 0 spiro atoms. The summed E-state index contributed by atoms with van der Waals surface area (Å²) in [7, 11) is 0. The number of aliphatic hydroxyl groups is 1. The van der Waals surface area contributed by atoms with Gasteiger partial charge in [0.25, 0.3) is 0 Å². The molecule has 0 saturated heterocycles. The van der Waals surface area contributed by atoms with Crippen molar-refractivity contribution in [2.45, 2.75) is 147 Å². The molecule has 0 bridgehead atoms. The molecule has 0 aliphatic rings. The molecule has 1 atom stereocenters. The smallest absolute Gasteiger partial charge is 0.118 e. The van der Waals surface area contributed by atoms with E-state index in [1.807, 2.05) is 121 Å². The fourth-order valence-corrected chi connectivity index (χ4v) is 3.50. The van der Waals surface area contributed by atoms with Gasteiger partial charge in [0.2, 0.25) is 0 Å². The molecule has 0 saturated carbocycles. The van der Waals surface area contributed by atoms with Crippen molar-refractivity contribution in [1.29, 1.82) is 0 Å². The predicted octanol–water partition coefficient (Wildman–Crippen LogP) is 14.3. The quantitative estimate of drug-likeness (QED) is 0.124. The maximum absolute atomic E-state index is 10.8. The maximum Gasteiger partial charge on any atom is 0.118 e. The van der Waals surface area contributed by atoms with Gasteiger partial charge in [-0.25, -0.2) is 0 Å². The number of allylic oxidation sites excluding steroid dienone is 3. The molecule has 60 heavy (non-hydrogen) atoms. The largest absolute Gasteiger partial charge is 0.508 e. The van der Waals surface area contributed by atoms with Gasteiger partial charge in [-0.2, -0.15) is 0 Å². The third-order valence-electron chi connectivity index (χ3n) is 6.96. The first kappa shape index (κ1) is 79.1. The van der Waals surface area contributed by atoms with Crippen molar-refractivity contribution in [3.8, 4) is 5.75 Å². The Kier molecular flexibility index (Phi) is 88.1. The number of hydrogen-bond donors (Lipinski definition) is 2. The topological polar surface area (TPSA) is 91.7 Å². The molecular weight excluding hydrogens is 971 g/mol. The molecule has 5 nitrogen and oxygen atoms in total. The molecule has 0 aliphatic carbocycles. The Morgan fingerprint density at radius 1 is 0.617 bits per heavy atom. The summed E-state index contributed by atoms with van der Waals surface area (Å²) in [6.45, 7) is 37.6. The standard InChI is InChI=1S/C9H15O.C8H13O2.C8H8.C7H8O.C7H8.C6H9O.C3H8.2C2H6.3Y/c1-4-8(5-2)7-9(10)6-3;1-3-7(9)5-6-8(10)4-2;1-2-8-6-4-3-5-7-8;1-6-4-2-3-5-7(6)8;1-7-5-3-2-4-6-7;1-3-5-6(7)4-2;1-3-2;2*1-2;;;/h8H,3-5,7H2,1-2H3;8,10H,1,4-6H2,2H3;2-7H,1H2;2-5,8H,1H3;2-6H,1H3;2-3,5H2,1H3;3H2,1-2H3;2*1-2H3;;;/q2*-1;;;;-1;;;;;;. The van der Waals surface area contributed by atoms with Crippen LogP contribution in [0.5, 0.6) is 5.75 Å². The van der Waals surface area contributed by atoms with Crippen LogP contribution in [0, 0.1) is 38.0 Å². The number of aromatic hydroxyl groups is 1. The number of para-hydroxylation sites is 1. The van der Waals surface area contributed by atoms with Gasteiger partial charge in [-0.15, -0.1) is 0 Å². The number of Topliss-reactive ketones (excluding diaryl/α,β-unsaturated/α-hetero) is 3. The summed E-state index contributed by atoms with van der Waals surface area (Å²) in [6.07, 6.45) is 15.5. The monoisotopic (exact) mass is 1050 g/mol. The molecule has 2 N–H and O–H groups in total. The summed E-state index contributed by atoms with van der Waals surface area (Å²) in [6, 6.07) is 27.5. The van der Waals surface area contributed by atoms with E-state index in [9.17, 15) is 14.4 Å². The molecule has 3 radical (unpaired) electrons. The second kappa shape index (κ2) is 66.8. The third kappa shape index (κ3) is 65.8. The first-order valence-electron chi connectivity index (χ1n) is 20.6. The number of hydrogen-bond acceptors (Lipinski definition) is 5. The van der Waals surface area contributed by atoms with Gasteiger partial charge in [-0.3, -0.25) is 19.7 Å². The summed E-state index contributed by atoms with van der Waals surface area (Å²) in [5, 5.41) is 17.9. The van der Waals surface area contributed by atoms with E-state index in [-0.39, 0.29) is 122 Å². The van der Waals surface area contributed by atoms with Gasteiger partial charge in [0.05, 0.1) is 6.10 Å². The summed E-state index contributed by atoms with van der Waals surface area (Å²) < 4.78 is 0. The molecular formula is C52H81O5Y3-3. The van der Waals surface area contributed by atoms with Crippen LogP contribution in [0.1, 0.15) is 144 Å². The fraction of sp³-hybridized carbons (Fsp3) is 0.442. The number of phenols is 1. The number of carbonyl (C=O) groups excluding carboxylic acids is 3. The minimum atomic E-state index is -0.350. The first-order valence-corrected chi connectivity index (χ1v) is 20.6. The Morgan fingerprint density at radius 3 is 1.25 bits per heavy atom. The summed E-state index contributed by atoms with van der Waals surface area (Å²) in [4.78, 5) is 31.6. The van der Waals surface area contributed by atoms with Gasteiger partial charge in [0.1, 0.15) is 5.75 Å². The Balaban J connectivity index is -0.0000000716. The van der Waals surface area contributed by atoms with E-state index in [1.54, 1.807) is 6.07 Å². The SMILES string of the molecule is C=Cc1ccccc1.C=[C-]C(=O)CC(CC)CC.C=[C-]C(=O)CCC.C=[C-]C(=O)CCC(O)CC.CC.CC.CCC.Cc1ccccc1.Cc1ccccc1O.[Y].[Y].[Y]. The number of rotatable bonds is 14. The Morgan fingerprint density at radius 2 is 1.00 bits per heavy atom. The Hall–Kier alpha value is -1.30.